The number of benzene rings is 2. The van der Waals surface area contributed by atoms with Crippen molar-refractivity contribution in [2.24, 2.45) is 7.05 Å². The first-order valence-electron chi connectivity index (χ1n) is 11.3. The van der Waals surface area contributed by atoms with Crippen LogP contribution in [0.3, 0.4) is 0 Å². The molecule has 2 heterocycles. The summed E-state index contributed by atoms with van der Waals surface area (Å²) in [6, 6.07) is 22.5. The van der Waals surface area contributed by atoms with Gasteiger partial charge in [0.25, 0.3) is 5.56 Å². The van der Waals surface area contributed by atoms with Crippen LogP contribution >= 0.6 is 0 Å². The molecule has 174 valence electrons. The number of para-hydroxylation sites is 1. The van der Waals surface area contributed by atoms with E-state index in [0.29, 0.717) is 19.7 Å². The van der Waals surface area contributed by atoms with Gasteiger partial charge in [-0.05, 0) is 60.5 Å². The summed E-state index contributed by atoms with van der Waals surface area (Å²) < 4.78 is 7.58. The molecule has 0 fully saturated rings. The van der Waals surface area contributed by atoms with Crippen molar-refractivity contribution in [3.63, 3.8) is 0 Å². The third-order valence-electron chi connectivity index (χ3n) is 5.56. The van der Waals surface area contributed by atoms with Crippen LogP contribution < -0.4 is 15.6 Å². The monoisotopic (exact) mass is 456 g/mol. The van der Waals surface area contributed by atoms with Crippen LogP contribution in [-0.2, 0) is 18.4 Å². The van der Waals surface area contributed by atoms with E-state index in [1.54, 1.807) is 30.1 Å². The van der Waals surface area contributed by atoms with E-state index in [4.69, 9.17) is 4.74 Å². The Labute approximate surface area is 198 Å². The van der Waals surface area contributed by atoms with Crippen molar-refractivity contribution in [3.8, 4) is 5.75 Å². The summed E-state index contributed by atoms with van der Waals surface area (Å²) in [5, 5.41) is 3.91. The van der Waals surface area contributed by atoms with Gasteiger partial charge in [-0.2, -0.15) is 0 Å². The van der Waals surface area contributed by atoms with Gasteiger partial charge in [0.2, 0.25) is 5.91 Å². The van der Waals surface area contributed by atoms with Crippen molar-refractivity contribution < 1.29 is 9.53 Å². The highest BCUT2D eigenvalue weighted by Crippen LogP contribution is 2.19. The predicted molar refractivity (Wildman–Crippen MR) is 134 cm³/mol. The second-order valence-electron chi connectivity index (χ2n) is 8.13. The highest BCUT2D eigenvalue weighted by atomic mass is 16.5. The number of ether oxygens (including phenoxy) is 1. The summed E-state index contributed by atoms with van der Waals surface area (Å²) in [5.41, 5.74) is 2.72. The maximum atomic E-state index is 12.6. The molecule has 0 bridgehead atoms. The number of aromatic nitrogens is 2. The van der Waals surface area contributed by atoms with Crippen LogP contribution in [0.25, 0.3) is 10.9 Å². The van der Waals surface area contributed by atoms with Crippen LogP contribution in [0.1, 0.15) is 12.0 Å². The molecular formula is C27H28N4O3. The van der Waals surface area contributed by atoms with Crippen LogP contribution in [0.15, 0.2) is 90.0 Å². The quantitative estimate of drug-likeness (QED) is 0.367. The standard InChI is InChI=1S/C27H28N4O3/c1-30-25-10-9-24(18-22(25)8-11-27(30)33)34-17-5-16-31(19-21-12-14-28-15-13-21)20-26(32)29-23-6-3-2-4-7-23/h2-4,6-15,18H,5,16-17,19-20H2,1H3,(H,29,32). The van der Waals surface area contributed by atoms with E-state index in [0.717, 1.165) is 34.3 Å². The zero-order chi connectivity index (χ0) is 23.8. The predicted octanol–water partition coefficient (Wildman–Crippen LogP) is 3.84. The molecule has 2 aromatic heterocycles. The smallest absolute Gasteiger partial charge is 0.250 e. The SMILES string of the molecule is Cn1c(=O)ccc2cc(OCCCN(CC(=O)Nc3ccccc3)Cc3ccncc3)ccc21. The second-order valence-corrected chi connectivity index (χ2v) is 8.13. The molecular weight excluding hydrogens is 428 g/mol. The Balaban J connectivity index is 1.34. The lowest BCUT2D eigenvalue weighted by molar-refractivity contribution is -0.117. The van der Waals surface area contributed by atoms with E-state index in [-0.39, 0.29) is 18.0 Å². The summed E-state index contributed by atoms with van der Waals surface area (Å²) in [4.78, 5) is 30.6. The van der Waals surface area contributed by atoms with Crippen molar-refractivity contribution in [2.45, 2.75) is 13.0 Å². The molecule has 0 saturated heterocycles. The third kappa shape index (κ3) is 6.30. The molecule has 0 saturated carbocycles. The average Bonchev–Trinajstić information content (AvgIpc) is 2.85. The first kappa shape index (κ1) is 23.2. The molecule has 4 aromatic rings. The topological polar surface area (TPSA) is 76.5 Å². The fourth-order valence-electron chi connectivity index (χ4n) is 3.82. The Bertz CT molecular complexity index is 1290. The normalized spacial score (nSPS) is 11.0. The van der Waals surface area contributed by atoms with Crippen molar-refractivity contribution >= 4 is 22.5 Å². The minimum Gasteiger partial charge on any atom is -0.494 e. The fourth-order valence-corrected chi connectivity index (χ4v) is 3.82. The van der Waals surface area contributed by atoms with Crippen molar-refractivity contribution in [3.05, 3.63) is 101 Å². The van der Waals surface area contributed by atoms with Crippen LogP contribution in [-0.4, -0.2) is 40.1 Å². The molecule has 0 unspecified atom stereocenters. The van der Waals surface area contributed by atoms with Gasteiger partial charge in [-0.3, -0.25) is 19.5 Å². The zero-order valence-corrected chi connectivity index (χ0v) is 19.2. The first-order chi connectivity index (χ1) is 16.6. The van der Waals surface area contributed by atoms with E-state index in [9.17, 15) is 9.59 Å². The summed E-state index contributed by atoms with van der Waals surface area (Å²) in [5.74, 6) is 0.704. The van der Waals surface area contributed by atoms with Crippen LogP contribution in [0.5, 0.6) is 5.75 Å². The van der Waals surface area contributed by atoms with Gasteiger partial charge >= 0.3 is 0 Å². The third-order valence-corrected chi connectivity index (χ3v) is 5.56. The van der Waals surface area contributed by atoms with E-state index < -0.39 is 0 Å². The number of anilines is 1. The second kappa shape index (κ2) is 11.2. The highest BCUT2D eigenvalue weighted by molar-refractivity contribution is 5.92. The first-order valence-corrected chi connectivity index (χ1v) is 11.3. The molecule has 0 aliphatic rings. The number of amides is 1. The number of nitrogens with one attached hydrogen (secondary N) is 1. The van der Waals surface area contributed by atoms with Crippen LogP contribution in [0.2, 0.25) is 0 Å². The van der Waals surface area contributed by atoms with Crippen LogP contribution in [0.4, 0.5) is 5.69 Å². The Hall–Kier alpha value is -3.97. The van der Waals surface area contributed by atoms with Gasteiger partial charge in [0, 0.05) is 49.7 Å². The highest BCUT2D eigenvalue weighted by Gasteiger charge is 2.12. The van der Waals surface area contributed by atoms with E-state index in [1.807, 2.05) is 66.7 Å². The molecule has 0 atom stereocenters. The van der Waals surface area contributed by atoms with Crippen molar-refractivity contribution in [1.29, 1.82) is 0 Å². The number of pyridine rings is 2. The van der Waals surface area contributed by atoms with Crippen molar-refractivity contribution in [2.75, 3.05) is 25.0 Å². The number of nitrogens with zero attached hydrogens (tertiary/aromatic N) is 3. The molecule has 2 aromatic carbocycles. The molecule has 0 radical (unpaired) electrons. The Morgan fingerprint density at radius 1 is 1.03 bits per heavy atom. The van der Waals surface area contributed by atoms with E-state index in [1.165, 1.54) is 0 Å². The molecule has 7 nitrogen and oxygen atoms in total. The lowest BCUT2D eigenvalue weighted by Crippen LogP contribution is -2.34. The molecule has 4 rings (SSSR count). The van der Waals surface area contributed by atoms with Gasteiger partial charge in [0.1, 0.15) is 5.75 Å². The maximum Gasteiger partial charge on any atom is 0.250 e. The largest absolute Gasteiger partial charge is 0.494 e. The molecule has 1 amide bonds. The summed E-state index contributed by atoms with van der Waals surface area (Å²) >= 11 is 0. The van der Waals surface area contributed by atoms with Gasteiger partial charge in [0.05, 0.1) is 18.7 Å². The minimum absolute atomic E-state index is 0.0354. The fraction of sp³-hybridized carbons (Fsp3) is 0.222. The Morgan fingerprint density at radius 2 is 1.82 bits per heavy atom. The van der Waals surface area contributed by atoms with E-state index in [2.05, 4.69) is 15.2 Å². The number of hydrogen-bond donors (Lipinski definition) is 1. The number of carbonyl (C=O) groups excluding carboxylic acids is 1. The molecule has 0 aliphatic carbocycles. The Morgan fingerprint density at radius 3 is 2.62 bits per heavy atom. The van der Waals surface area contributed by atoms with Crippen molar-refractivity contribution in [1.82, 2.24) is 14.5 Å². The molecule has 0 spiro atoms. The van der Waals surface area contributed by atoms with Gasteiger partial charge in [-0.25, -0.2) is 0 Å². The zero-order valence-electron chi connectivity index (χ0n) is 19.2. The number of fused-ring (bicyclic) bond motifs is 1. The minimum atomic E-state index is -0.0543. The summed E-state index contributed by atoms with van der Waals surface area (Å²) in [6.45, 7) is 2.15. The molecule has 1 N–H and O–H groups in total. The lowest BCUT2D eigenvalue weighted by atomic mass is 10.2. The van der Waals surface area contributed by atoms with Gasteiger partial charge < -0.3 is 14.6 Å². The molecule has 7 heteroatoms. The average molecular weight is 457 g/mol. The molecule has 0 aliphatic heterocycles. The summed E-state index contributed by atoms with van der Waals surface area (Å²) in [7, 11) is 1.76. The Kier molecular flexibility index (Phi) is 7.67. The van der Waals surface area contributed by atoms with Crippen LogP contribution in [0, 0.1) is 0 Å². The number of hydrogen-bond acceptors (Lipinski definition) is 5. The number of carbonyl (C=O) groups is 1. The van der Waals surface area contributed by atoms with Gasteiger partial charge in [0.15, 0.2) is 0 Å². The van der Waals surface area contributed by atoms with Gasteiger partial charge in [-0.15, -0.1) is 0 Å². The number of rotatable bonds is 10. The maximum absolute atomic E-state index is 12.6. The van der Waals surface area contributed by atoms with E-state index >= 15 is 0 Å². The lowest BCUT2D eigenvalue weighted by Gasteiger charge is -2.22. The van der Waals surface area contributed by atoms with Gasteiger partial charge in [-0.1, -0.05) is 18.2 Å². The summed E-state index contributed by atoms with van der Waals surface area (Å²) in [6.07, 6.45) is 4.28. The molecule has 34 heavy (non-hydrogen) atoms. The number of aryl methyl sites for hydroxylation is 1.